The maximum Gasteiger partial charge on any atom is 0.372 e. The van der Waals surface area contributed by atoms with Crippen molar-refractivity contribution in [2.45, 2.75) is 51.0 Å². The van der Waals surface area contributed by atoms with Crippen molar-refractivity contribution in [1.82, 2.24) is 5.32 Å². The Balaban J connectivity index is 5.04. The number of hydrogen-bond donors (Lipinski definition) is 2. The van der Waals surface area contributed by atoms with Crippen molar-refractivity contribution in [2.24, 2.45) is 0 Å². The summed E-state index contributed by atoms with van der Waals surface area (Å²) < 4.78 is 27.8. The monoisotopic (exact) mass is 348 g/mol. The SMILES string of the molecule is CC(C)OC(=O)[C@H](CCC(=O)C=[N+]=N)NC(=O)[C@H](C)S(C)(=O)=O. The van der Waals surface area contributed by atoms with Crippen LogP contribution in [0, 0.1) is 5.53 Å². The molecule has 0 aliphatic carbocycles. The molecule has 0 aromatic rings. The van der Waals surface area contributed by atoms with E-state index in [4.69, 9.17) is 10.3 Å². The summed E-state index contributed by atoms with van der Waals surface area (Å²) in [5, 5.41) is 0.959. The fourth-order valence-electron chi connectivity index (χ4n) is 1.47. The largest absolute Gasteiger partial charge is 0.461 e. The number of ether oxygens (including phenoxy) is 1. The molecule has 0 aliphatic rings. The molecule has 9 nitrogen and oxygen atoms in total. The molecule has 0 bridgehead atoms. The van der Waals surface area contributed by atoms with Crippen LogP contribution < -0.4 is 5.32 Å². The van der Waals surface area contributed by atoms with E-state index < -0.39 is 44.9 Å². The summed E-state index contributed by atoms with van der Waals surface area (Å²) in [6.07, 6.45) is 1.03. The molecule has 0 saturated carbocycles. The van der Waals surface area contributed by atoms with Crippen molar-refractivity contribution in [2.75, 3.05) is 6.26 Å². The Bertz CT molecular complexity index is 607. The Morgan fingerprint density at radius 3 is 2.26 bits per heavy atom. The summed E-state index contributed by atoms with van der Waals surface area (Å²) in [7, 11) is -3.61. The Hall–Kier alpha value is -2.06. The van der Waals surface area contributed by atoms with Gasteiger partial charge in [-0.25, -0.2) is 13.2 Å². The summed E-state index contributed by atoms with van der Waals surface area (Å²) in [4.78, 5) is 38.0. The molecule has 0 unspecified atom stereocenters. The van der Waals surface area contributed by atoms with Crippen LogP contribution in [-0.2, 0) is 29.0 Å². The van der Waals surface area contributed by atoms with Gasteiger partial charge in [-0.05, 0) is 27.2 Å². The highest BCUT2D eigenvalue weighted by Crippen LogP contribution is 2.06. The van der Waals surface area contributed by atoms with Crippen LogP contribution in [0.4, 0.5) is 0 Å². The van der Waals surface area contributed by atoms with Gasteiger partial charge in [-0.3, -0.25) is 9.59 Å². The number of carbonyl (C=O) groups is 3. The predicted octanol–water partition coefficient (Wildman–Crippen LogP) is -0.485. The molecule has 0 aliphatic heterocycles. The molecular formula is C13H22N3O6S+. The van der Waals surface area contributed by atoms with Crippen LogP contribution in [0.5, 0.6) is 0 Å². The van der Waals surface area contributed by atoms with Gasteiger partial charge >= 0.3 is 12.2 Å². The van der Waals surface area contributed by atoms with Gasteiger partial charge in [-0.15, -0.1) is 0 Å². The third-order valence-corrected chi connectivity index (χ3v) is 4.35. The second kappa shape index (κ2) is 9.16. The predicted molar refractivity (Wildman–Crippen MR) is 80.7 cm³/mol. The highest BCUT2D eigenvalue weighted by atomic mass is 32.2. The van der Waals surface area contributed by atoms with Crippen molar-refractivity contribution >= 4 is 33.7 Å². The van der Waals surface area contributed by atoms with Crippen LogP contribution in [0.15, 0.2) is 0 Å². The van der Waals surface area contributed by atoms with E-state index in [0.717, 1.165) is 12.5 Å². The summed E-state index contributed by atoms with van der Waals surface area (Å²) in [6.45, 7) is 4.44. The van der Waals surface area contributed by atoms with E-state index in [1.807, 2.05) is 0 Å². The molecule has 2 atom stereocenters. The van der Waals surface area contributed by atoms with Gasteiger partial charge in [-0.1, -0.05) is 0 Å². The molecule has 1 amide bonds. The first-order chi connectivity index (χ1) is 10.5. The summed E-state index contributed by atoms with van der Waals surface area (Å²) in [6, 6.07) is -1.16. The van der Waals surface area contributed by atoms with E-state index in [1.165, 1.54) is 6.92 Å². The molecule has 0 spiro atoms. The normalized spacial score (nSPS) is 13.6. The van der Waals surface area contributed by atoms with Crippen LogP contribution in [-0.4, -0.2) is 60.7 Å². The lowest BCUT2D eigenvalue weighted by Crippen LogP contribution is -2.47. The summed E-state index contributed by atoms with van der Waals surface area (Å²) in [5.74, 6) is -2.10. The zero-order valence-corrected chi connectivity index (χ0v) is 14.3. The molecule has 0 aromatic carbocycles. The maximum absolute atomic E-state index is 12.0. The van der Waals surface area contributed by atoms with Gasteiger partial charge in [0, 0.05) is 12.7 Å². The third-order valence-electron chi connectivity index (χ3n) is 2.85. The van der Waals surface area contributed by atoms with E-state index in [2.05, 4.69) is 10.1 Å². The highest BCUT2D eigenvalue weighted by Gasteiger charge is 2.30. The lowest BCUT2D eigenvalue weighted by atomic mass is 10.1. The van der Waals surface area contributed by atoms with Crippen molar-refractivity contribution in [3.63, 3.8) is 0 Å². The summed E-state index contributed by atoms with van der Waals surface area (Å²) in [5.41, 5.74) is 6.55. The number of nitrogens with zero attached hydrogens (tertiary/aromatic N) is 1. The Morgan fingerprint density at radius 2 is 1.83 bits per heavy atom. The van der Waals surface area contributed by atoms with Gasteiger partial charge in [0.2, 0.25) is 11.7 Å². The number of carbonyl (C=O) groups excluding carboxylic acids is 3. The maximum atomic E-state index is 12.0. The van der Waals surface area contributed by atoms with Crippen molar-refractivity contribution in [3.8, 4) is 0 Å². The number of ketones is 1. The van der Waals surface area contributed by atoms with Crippen LogP contribution in [0.2, 0.25) is 0 Å². The van der Waals surface area contributed by atoms with E-state index in [0.29, 0.717) is 0 Å². The first kappa shape index (κ1) is 20.9. The average molecular weight is 348 g/mol. The number of nitrogens with one attached hydrogen (secondary N) is 2. The number of rotatable bonds is 9. The average Bonchev–Trinajstić information content (AvgIpc) is 2.40. The Labute approximate surface area is 134 Å². The van der Waals surface area contributed by atoms with Crippen molar-refractivity contribution in [3.05, 3.63) is 0 Å². The van der Waals surface area contributed by atoms with Gasteiger partial charge in [0.25, 0.3) is 0 Å². The zero-order valence-electron chi connectivity index (χ0n) is 13.5. The molecule has 2 N–H and O–H groups in total. The number of Topliss-reactive ketones (excluding diaryl/α,β-unsaturated/α-hetero) is 1. The fourth-order valence-corrected chi connectivity index (χ4v) is 1.93. The van der Waals surface area contributed by atoms with Gasteiger partial charge in [0.15, 0.2) is 9.84 Å². The van der Waals surface area contributed by atoms with Crippen LogP contribution in [0.25, 0.3) is 0 Å². The molecule has 0 radical (unpaired) electrons. The minimum Gasteiger partial charge on any atom is -0.461 e. The van der Waals surface area contributed by atoms with Gasteiger partial charge < -0.3 is 10.1 Å². The lowest BCUT2D eigenvalue weighted by molar-refractivity contribution is -0.151. The Kier molecular flexibility index (Phi) is 8.34. The minimum atomic E-state index is -3.61. The number of esters is 1. The molecule has 130 valence electrons. The fraction of sp³-hybridized carbons (Fsp3) is 0.692. The molecule has 0 heterocycles. The molecular weight excluding hydrogens is 326 g/mol. The van der Waals surface area contributed by atoms with Crippen LogP contribution in [0.1, 0.15) is 33.6 Å². The van der Waals surface area contributed by atoms with Crippen LogP contribution in [0.3, 0.4) is 0 Å². The lowest BCUT2D eigenvalue weighted by Gasteiger charge is -2.20. The van der Waals surface area contributed by atoms with Crippen molar-refractivity contribution in [1.29, 1.82) is 5.53 Å². The highest BCUT2D eigenvalue weighted by molar-refractivity contribution is 7.92. The third kappa shape index (κ3) is 8.22. The number of amides is 1. The molecule has 0 rings (SSSR count). The van der Waals surface area contributed by atoms with Gasteiger partial charge in [0.1, 0.15) is 11.3 Å². The first-order valence-electron chi connectivity index (χ1n) is 6.91. The van der Waals surface area contributed by atoms with E-state index in [9.17, 15) is 22.8 Å². The second-order valence-electron chi connectivity index (χ2n) is 5.28. The molecule has 10 heteroatoms. The van der Waals surface area contributed by atoms with Gasteiger partial charge in [0.05, 0.1) is 16.4 Å². The number of hydrogen-bond acceptors (Lipinski definition) is 7. The number of sulfone groups is 1. The van der Waals surface area contributed by atoms with E-state index >= 15 is 0 Å². The molecule has 0 saturated heterocycles. The molecule has 0 fully saturated rings. The minimum absolute atomic E-state index is 0.0847. The quantitative estimate of drug-likeness (QED) is 0.249. The van der Waals surface area contributed by atoms with Crippen molar-refractivity contribution < 1.29 is 32.3 Å². The summed E-state index contributed by atoms with van der Waals surface area (Å²) >= 11 is 0. The van der Waals surface area contributed by atoms with E-state index in [-0.39, 0.29) is 12.8 Å². The topological polar surface area (TPSA) is 145 Å². The smallest absolute Gasteiger partial charge is 0.372 e. The molecule has 23 heavy (non-hydrogen) atoms. The van der Waals surface area contributed by atoms with E-state index in [1.54, 1.807) is 13.8 Å². The van der Waals surface area contributed by atoms with Gasteiger partial charge in [-0.2, -0.15) is 0 Å². The molecule has 0 aromatic heterocycles. The first-order valence-corrected chi connectivity index (χ1v) is 8.86. The second-order valence-corrected chi connectivity index (χ2v) is 7.65. The zero-order chi connectivity index (χ0) is 18.2. The standard InChI is InChI=1S/C13H21N3O6S/c1-8(2)22-13(19)11(6-5-10(17)7-15-14)16-12(18)9(3)23(4,20)21/h7-9,11,14H,5-6H2,1-4H3/p+1/t9-,11-/m0/s1. The Morgan fingerprint density at radius 1 is 1.26 bits per heavy atom. The van der Waals surface area contributed by atoms with Crippen LogP contribution >= 0.6 is 0 Å².